The van der Waals surface area contributed by atoms with E-state index in [1.54, 1.807) is 13.8 Å². The highest BCUT2D eigenvalue weighted by atomic mass is 19.4. The zero-order valence-electron chi connectivity index (χ0n) is 11.0. The zero-order valence-corrected chi connectivity index (χ0v) is 11.0. The fourth-order valence-corrected chi connectivity index (χ4v) is 1.58. The van der Waals surface area contributed by atoms with Gasteiger partial charge in [-0.1, -0.05) is 0 Å². The molecule has 0 fully saturated rings. The predicted molar refractivity (Wildman–Crippen MR) is 64.9 cm³/mol. The van der Waals surface area contributed by atoms with Gasteiger partial charge >= 0.3 is 6.18 Å². The van der Waals surface area contributed by atoms with Crippen LogP contribution in [-0.4, -0.2) is 25.1 Å². The maximum absolute atomic E-state index is 12.4. The van der Waals surface area contributed by atoms with E-state index < -0.39 is 18.0 Å². The number of nitriles is 1. The molecular formula is C11H10F3N7. The number of alkyl halides is 3. The zero-order chi connectivity index (χ0) is 15.6. The number of H-pyrrole nitrogens is 1. The Bertz CT molecular complexity index is 686. The summed E-state index contributed by atoms with van der Waals surface area (Å²) in [6.45, 7) is 3.19. The van der Waals surface area contributed by atoms with Crippen molar-refractivity contribution in [2.24, 2.45) is 0 Å². The molecule has 0 saturated heterocycles. The first-order valence-electron chi connectivity index (χ1n) is 5.81. The van der Waals surface area contributed by atoms with E-state index in [4.69, 9.17) is 5.26 Å². The molecule has 21 heavy (non-hydrogen) atoms. The lowest BCUT2D eigenvalue weighted by molar-refractivity contribution is -0.144. The van der Waals surface area contributed by atoms with Gasteiger partial charge in [0.05, 0.1) is 6.04 Å². The Kier molecular flexibility index (Phi) is 3.75. The SMILES string of the molecule is Cc1nc(C#N)cc(NC(C)c2nc(C(F)(F)F)n[nH]2)n1. The smallest absolute Gasteiger partial charge is 0.360 e. The monoisotopic (exact) mass is 297 g/mol. The second kappa shape index (κ2) is 5.35. The van der Waals surface area contributed by atoms with E-state index in [1.165, 1.54) is 6.07 Å². The Morgan fingerprint density at radius 1 is 1.33 bits per heavy atom. The second-order valence-corrected chi connectivity index (χ2v) is 4.21. The van der Waals surface area contributed by atoms with Crippen LogP contribution in [0.4, 0.5) is 19.0 Å². The molecule has 0 radical (unpaired) electrons. The Balaban J connectivity index is 2.18. The molecular weight excluding hydrogens is 287 g/mol. The van der Waals surface area contributed by atoms with Crippen molar-refractivity contribution in [3.05, 3.63) is 29.2 Å². The van der Waals surface area contributed by atoms with E-state index in [0.717, 1.165) is 0 Å². The van der Waals surface area contributed by atoms with Crippen LogP contribution < -0.4 is 5.32 Å². The summed E-state index contributed by atoms with van der Waals surface area (Å²) in [4.78, 5) is 11.3. The molecule has 110 valence electrons. The Morgan fingerprint density at radius 3 is 2.62 bits per heavy atom. The second-order valence-electron chi connectivity index (χ2n) is 4.21. The van der Waals surface area contributed by atoms with E-state index >= 15 is 0 Å². The molecule has 0 aliphatic rings. The van der Waals surface area contributed by atoms with Gasteiger partial charge in [0.15, 0.2) is 0 Å². The third-order valence-electron chi connectivity index (χ3n) is 2.48. The molecule has 2 heterocycles. The number of hydrogen-bond donors (Lipinski definition) is 2. The average molecular weight is 297 g/mol. The number of hydrogen-bond acceptors (Lipinski definition) is 6. The summed E-state index contributed by atoms with van der Waals surface area (Å²) in [5.41, 5.74) is 0.158. The van der Waals surface area contributed by atoms with Crippen molar-refractivity contribution in [1.29, 1.82) is 5.26 Å². The van der Waals surface area contributed by atoms with Gasteiger partial charge in [-0.25, -0.2) is 15.0 Å². The summed E-state index contributed by atoms with van der Waals surface area (Å²) in [5, 5.41) is 17.0. The molecule has 10 heteroatoms. The Hall–Kier alpha value is -2.70. The van der Waals surface area contributed by atoms with Gasteiger partial charge in [0.1, 0.15) is 29.2 Å². The highest BCUT2D eigenvalue weighted by molar-refractivity contribution is 5.41. The highest BCUT2D eigenvalue weighted by Gasteiger charge is 2.36. The number of aromatic amines is 1. The van der Waals surface area contributed by atoms with Crippen LogP contribution >= 0.6 is 0 Å². The van der Waals surface area contributed by atoms with Crippen LogP contribution in [0.2, 0.25) is 0 Å². The lowest BCUT2D eigenvalue weighted by atomic mass is 10.3. The molecule has 2 aromatic heterocycles. The minimum Gasteiger partial charge on any atom is -0.360 e. The van der Waals surface area contributed by atoms with Crippen LogP contribution in [0.1, 0.15) is 36.1 Å². The summed E-state index contributed by atoms with van der Waals surface area (Å²) in [5.74, 6) is -0.534. The van der Waals surface area contributed by atoms with E-state index in [9.17, 15) is 13.2 Å². The molecule has 7 nitrogen and oxygen atoms in total. The third-order valence-corrected chi connectivity index (χ3v) is 2.48. The van der Waals surface area contributed by atoms with Crippen LogP contribution in [0.15, 0.2) is 6.07 Å². The fraction of sp³-hybridized carbons (Fsp3) is 0.364. The summed E-state index contributed by atoms with van der Waals surface area (Å²) < 4.78 is 37.3. The minimum absolute atomic E-state index is 0.0112. The third kappa shape index (κ3) is 3.44. The van der Waals surface area contributed by atoms with E-state index in [2.05, 4.69) is 30.5 Å². The van der Waals surface area contributed by atoms with Crippen molar-refractivity contribution >= 4 is 5.82 Å². The predicted octanol–water partition coefficient (Wildman–Crippen LogP) is 1.97. The number of halogens is 3. The normalized spacial score (nSPS) is 12.8. The number of nitrogens with zero attached hydrogens (tertiary/aromatic N) is 5. The number of nitrogens with one attached hydrogen (secondary N) is 2. The minimum atomic E-state index is -4.60. The molecule has 0 aromatic carbocycles. The topological polar surface area (TPSA) is 103 Å². The first-order chi connectivity index (χ1) is 9.79. The fourth-order valence-electron chi connectivity index (χ4n) is 1.58. The molecule has 0 saturated carbocycles. The van der Waals surface area contributed by atoms with Crippen LogP contribution in [0.25, 0.3) is 0 Å². The molecule has 2 N–H and O–H groups in total. The first-order valence-corrected chi connectivity index (χ1v) is 5.81. The molecule has 0 bridgehead atoms. The summed E-state index contributed by atoms with van der Waals surface area (Å²) >= 11 is 0. The lowest BCUT2D eigenvalue weighted by Crippen LogP contribution is -2.12. The van der Waals surface area contributed by atoms with Crippen molar-refractivity contribution in [3.63, 3.8) is 0 Å². The van der Waals surface area contributed by atoms with Crippen molar-refractivity contribution in [1.82, 2.24) is 25.1 Å². The van der Waals surface area contributed by atoms with E-state index in [0.29, 0.717) is 11.6 Å². The summed E-state index contributed by atoms with van der Waals surface area (Å²) in [7, 11) is 0. The summed E-state index contributed by atoms with van der Waals surface area (Å²) in [6, 6.07) is 2.66. The van der Waals surface area contributed by atoms with Gasteiger partial charge in [-0.3, -0.25) is 5.10 Å². The van der Waals surface area contributed by atoms with E-state index in [-0.39, 0.29) is 11.5 Å². The van der Waals surface area contributed by atoms with E-state index in [1.807, 2.05) is 6.07 Å². The van der Waals surface area contributed by atoms with Crippen LogP contribution in [0.5, 0.6) is 0 Å². The van der Waals surface area contributed by atoms with Crippen molar-refractivity contribution in [2.45, 2.75) is 26.1 Å². The maximum Gasteiger partial charge on any atom is 0.453 e. The van der Waals surface area contributed by atoms with Gasteiger partial charge < -0.3 is 5.32 Å². The van der Waals surface area contributed by atoms with Crippen molar-refractivity contribution < 1.29 is 13.2 Å². The quantitative estimate of drug-likeness (QED) is 0.897. The average Bonchev–Trinajstić information content (AvgIpc) is 2.87. The van der Waals surface area contributed by atoms with Crippen LogP contribution in [0, 0.1) is 18.3 Å². The summed E-state index contributed by atoms with van der Waals surface area (Å²) in [6.07, 6.45) is -4.60. The Morgan fingerprint density at radius 2 is 2.05 bits per heavy atom. The molecule has 0 aliphatic heterocycles. The molecule has 1 unspecified atom stereocenters. The van der Waals surface area contributed by atoms with Gasteiger partial charge in [0.25, 0.3) is 5.82 Å². The van der Waals surface area contributed by atoms with Gasteiger partial charge in [0, 0.05) is 6.07 Å². The van der Waals surface area contributed by atoms with Crippen LogP contribution in [-0.2, 0) is 6.18 Å². The number of aryl methyl sites for hydroxylation is 1. The first kappa shape index (κ1) is 14.7. The largest absolute Gasteiger partial charge is 0.453 e. The molecule has 2 rings (SSSR count). The molecule has 0 amide bonds. The van der Waals surface area contributed by atoms with Crippen molar-refractivity contribution in [2.75, 3.05) is 5.32 Å². The molecule has 0 aliphatic carbocycles. The maximum atomic E-state index is 12.4. The standard InChI is InChI=1S/C11H10F3N7/c1-5(9-19-10(21-20-9)11(12,13)14)16-8-3-7(4-15)17-6(2)18-8/h3,5H,1-2H3,(H,16,17,18)(H,19,20,21). The van der Waals surface area contributed by atoms with Crippen molar-refractivity contribution in [3.8, 4) is 6.07 Å². The van der Waals surface area contributed by atoms with Gasteiger partial charge in [-0.2, -0.15) is 18.4 Å². The number of rotatable bonds is 3. The number of aromatic nitrogens is 5. The lowest BCUT2D eigenvalue weighted by Gasteiger charge is -2.12. The number of anilines is 1. The molecule has 0 spiro atoms. The molecule has 1 atom stereocenters. The molecule has 2 aromatic rings. The van der Waals surface area contributed by atoms with Crippen LogP contribution in [0.3, 0.4) is 0 Å². The highest BCUT2D eigenvalue weighted by Crippen LogP contribution is 2.26. The van der Waals surface area contributed by atoms with Gasteiger partial charge in [-0.15, -0.1) is 5.10 Å². The van der Waals surface area contributed by atoms with Gasteiger partial charge in [0.2, 0.25) is 0 Å². The Labute approximate surface area is 117 Å². The van der Waals surface area contributed by atoms with Gasteiger partial charge in [-0.05, 0) is 13.8 Å².